The summed E-state index contributed by atoms with van der Waals surface area (Å²) in [5.41, 5.74) is 0.841. The molecule has 0 fully saturated rings. The van der Waals surface area contributed by atoms with Crippen LogP contribution in [0.4, 0.5) is 15.8 Å². The van der Waals surface area contributed by atoms with Crippen molar-refractivity contribution < 1.29 is 9.31 Å². The van der Waals surface area contributed by atoms with Crippen LogP contribution in [0.15, 0.2) is 55.2 Å². The fourth-order valence-electron chi connectivity index (χ4n) is 2.11. The van der Waals surface area contributed by atoms with Gasteiger partial charge in [-0.1, -0.05) is 0 Å². The Bertz CT molecular complexity index is 836. The highest BCUT2D eigenvalue weighted by molar-refractivity contribution is 5.61. The molecule has 0 bridgehead atoms. The second-order valence-corrected chi connectivity index (χ2v) is 4.76. The molecular formula is C15H12FN5O2. The summed E-state index contributed by atoms with van der Waals surface area (Å²) >= 11 is 0. The Morgan fingerprint density at radius 1 is 1.26 bits per heavy atom. The number of nitrogens with one attached hydrogen (secondary N) is 1. The fraction of sp³-hybridized carbons (Fsp3) is 0.0667. The van der Waals surface area contributed by atoms with Crippen molar-refractivity contribution >= 4 is 11.4 Å². The van der Waals surface area contributed by atoms with E-state index in [-0.39, 0.29) is 11.4 Å². The summed E-state index contributed by atoms with van der Waals surface area (Å²) in [7, 11) is 0. The van der Waals surface area contributed by atoms with E-state index in [1.54, 1.807) is 35.6 Å². The van der Waals surface area contributed by atoms with Crippen LogP contribution < -0.4 is 5.32 Å². The molecule has 0 radical (unpaired) electrons. The van der Waals surface area contributed by atoms with E-state index in [1.807, 2.05) is 6.07 Å². The molecule has 3 rings (SSSR count). The molecule has 0 saturated carbocycles. The number of nitro benzene ring substituents is 1. The predicted molar refractivity (Wildman–Crippen MR) is 81.7 cm³/mol. The Kier molecular flexibility index (Phi) is 3.96. The number of nitro groups is 1. The Balaban J connectivity index is 1.79. The number of aromatic nitrogens is 3. The van der Waals surface area contributed by atoms with Gasteiger partial charge in [0.05, 0.1) is 11.0 Å². The first-order chi connectivity index (χ1) is 11.1. The third-order valence-corrected chi connectivity index (χ3v) is 3.22. The van der Waals surface area contributed by atoms with Crippen LogP contribution >= 0.6 is 0 Å². The third kappa shape index (κ3) is 3.31. The number of pyridine rings is 1. The Morgan fingerprint density at radius 3 is 2.87 bits per heavy atom. The summed E-state index contributed by atoms with van der Waals surface area (Å²) in [6, 6.07) is 7.06. The number of benzene rings is 1. The van der Waals surface area contributed by atoms with Gasteiger partial charge in [-0.2, -0.15) is 0 Å². The van der Waals surface area contributed by atoms with Crippen molar-refractivity contribution in [1.82, 2.24) is 14.5 Å². The number of halogens is 1. The van der Waals surface area contributed by atoms with Crippen molar-refractivity contribution in [2.45, 2.75) is 6.54 Å². The molecule has 1 aromatic carbocycles. The fourth-order valence-corrected chi connectivity index (χ4v) is 2.11. The van der Waals surface area contributed by atoms with Crippen molar-refractivity contribution in [3.63, 3.8) is 0 Å². The Hall–Kier alpha value is -3.29. The van der Waals surface area contributed by atoms with Crippen LogP contribution in [-0.2, 0) is 6.54 Å². The monoisotopic (exact) mass is 313 g/mol. The molecule has 0 aliphatic carbocycles. The largest absolute Gasteiger partial charge is 0.375 e. The van der Waals surface area contributed by atoms with E-state index in [0.29, 0.717) is 12.4 Å². The molecule has 7 nitrogen and oxygen atoms in total. The molecule has 3 aromatic rings. The smallest absolute Gasteiger partial charge is 0.295 e. The summed E-state index contributed by atoms with van der Waals surface area (Å²) in [6.45, 7) is 0.344. The second-order valence-electron chi connectivity index (χ2n) is 4.76. The molecule has 23 heavy (non-hydrogen) atoms. The van der Waals surface area contributed by atoms with Gasteiger partial charge in [0, 0.05) is 25.1 Å². The maximum absolute atomic E-state index is 13.1. The molecule has 0 amide bonds. The van der Waals surface area contributed by atoms with E-state index in [2.05, 4.69) is 15.3 Å². The molecule has 1 N–H and O–H groups in total. The van der Waals surface area contributed by atoms with Crippen LogP contribution in [-0.4, -0.2) is 19.5 Å². The number of hydrogen-bond donors (Lipinski definition) is 1. The van der Waals surface area contributed by atoms with Crippen molar-refractivity contribution in [3.05, 3.63) is 76.7 Å². The molecule has 0 unspecified atom stereocenters. The number of imidazole rings is 1. The highest BCUT2D eigenvalue weighted by atomic mass is 19.1. The van der Waals surface area contributed by atoms with Crippen LogP contribution in [0.3, 0.4) is 0 Å². The normalized spacial score (nSPS) is 10.5. The van der Waals surface area contributed by atoms with Crippen molar-refractivity contribution in [3.8, 4) is 5.82 Å². The predicted octanol–water partition coefficient (Wildman–Crippen LogP) is 2.93. The summed E-state index contributed by atoms with van der Waals surface area (Å²) in [5.74, 6) is 0.0453. The van der Waals surface area contributed by atoms with E-state index in [0.717, 1.165) is 11.6 Å². The molecule has 0 aliphatic heterocycles. The van der Waals surface area contributed by atoms with Gasteiger partial charge in [0.1, 0.15) is 23.6 Å². The van der Waals surface area contributed by atoms with Gasteiger partial charge in [0.25, 0.3) is 5.69 Å². The summed E-state index contributed by atoms with van der Waals surface area (Å²) in [4.78, 5) is 18.5. The Labute approximate surface area is 130 Å². The zero-order valence-corrected chi connectivity index (χ0v) is 11.9. The van der Waals surface area contributed by atoms with Gasteiger partial charge >= 0.3 is 0 Å². The zero-order chi connectivity index (χ0) is 16.2. The minimum Gasteiger partial charge on any atom is -0.375 e. The highest BCUT2D eigenvalue weighted by Crippen LogP contribution is 2.25. The average Bonchev–Trinajstić information content (AvgIpc) is 3.08. The van der Waals surface area contributed by atoms with Gasteiger partial charge in [-0.3, -0.25) is 14.7 Å². The molecule has 2 heterocycles. The van der Waals surface area contributed by atoms with Crippen molar-refractivity contribution in [2.75, 3.05) is 5.32 Å². The quantitative estimate of drug-likeness (QED) is 0.578. The SMILES string of the molecule is O=[N+]([O-])c1cc(F)ccc1NCc1ccnc(-n2ccnc2)c1. The molecule has 0 aliphatic rings. The molecule has 0 spiro atoms. The van der Waals surface area contributed by atoms with Gasteiger partial charge in [-0.25, -0.2) is 14.4 Å². The van der Waals surface area contributed by atoms with Crippen LogP contribution in [0, 0.1) is 15.9 Å². The van der Waals surface area contributed by atoms with Crippen LogP contribution in [0.25, 0.3) is 5.82 Å². The molecule has 2 aromatic heterocycles. The molecule has 0 saturated heterocycles. The molecule has 0 atom stereocenters. The molecular weight excluding hydrogens is 301 g/mol. The van der Waals surface area contributed by atoms with E-state index in [9.17, 15) is 14.5 Å². The van der Waals surface area contributed by atoms with Gasteiger partial charge in [-0.05, 0) is 29.8 Å². The first-order valence-electron chi connectivity index (χ1n) is 6.74. The lowest BCUT2D eigenvalue weighted by atomic mass is 10.2. The first kappa shape index (κ1) is 14.6. The van der Waals surface area contributed by atoms with Crippen LogP contribution in [0.1, 0.15) is 5.56 Å². The number of nitrogens with zero attached hydrogens (tertiary/aromatic N) is 4. The number of anilines is 1. The number of hydrogen-bond acceptors (Lipinski definition) is 5. The number of rotatable bonds is 5. The Morgan fingerprint density at radius 2 is 2.13 bits per heavy atom. The lowest BCUT2D eigenvalue weighted by Gasteiger charge is -2.08. The summed E-state index contributed by atoms with van der Waals surface area (Å²) < 4.78 is 14.9. The summed E-state index contributed by atoms with van der Waals surface area (Å²) in [6.07, 6.45) is 6.69. The summed E-state index contributed by atoms with van der Waals surface area (Å²) in [5, 5.41) is 13.9. The molecule has 8 heteroatoms. The third-order valence-electron chi connectivity index (χ3n) is 3.22. The van der Waals surface area contributed by atoms with Crippen molar-refractivity contribution in [1.29, 1.82) is 0 Å². The van der Waals surface area contributed by atoms with Crippen LogP contribution in [0.5, 0.6) is 0 Å². The van der Waals surface area contributed by atoms with Crippen LogP contribution in [0.2, 0.25) is 0 Å². The first-order valence-corrected chi connectivity index (χ1v) is 6.74. The minimum atomic E-state index is -0.645. The maximum Gasteiger partial charge on any atom is 0.295 e. The van der Waals surface area contributed by atoms with Crippen molar-refractivity contribution in [2.24, 2.45) is 0 Å². The lowest BCUT2D eigenvalue weighted by molar-refractivity contribution is -0.384. The second kappa shape index (κ2) is 6.22. The maximum atomic E-state index is 13.1. The lowest BCUT2D eigenvalue weighted by Crippen LogP contribution is -2.04. The van der Waals surface area contributed by atoms with E-state index in [1.165, 1.54) is 12.1 Å². The topological polar surface area (TPSA) is 85.9 Å². The van der Waals surface area contributed by atoms with Gasteiger partial charge in [0.2, 0.25) is 0 Å². The standard InChI is InChI=1S/C15H12FN5O2/c16-12-1-2-13(14(8-12)21(22)23)19-9-11-3-4-18-15(7-11)20-6-5-17-10-20/h1-8,10,19H,9H2. The van der Waals surface area contributed by atoms with E-state index < -0.39 is 10.7 Å². The van der Waals surface area contributed by atoms with E-state index in [4.69, 9.17) is 0 Å². The minimum absolute atomic E-state index is 0.261. The molecule has 116 valence electrons. The highest BCUT2D eigenvalue weighted by Gasteiger charge is 2.14. The van der Waals surface area contributed by atoms with Gasteiger partial charge in [-0.15, -0.1) is 0 Å². The average molecular weight is 313 g/mol. The van der Waals surface area contributed by atoms with Gasteiger partial charge < -0.3 is 5.32 Å². The van der Waals surface area contributed by atoms with Gasteiger partial charge in [0.15, 0.2) is 0 Å². The zero-order valence-electron chi connectivity index (χ0n) is 11.9. The van der Waals surface area contributed by atoms with E-state index >= 15 is 0 Å².